The monoisotopic (exact) mass is 277 g/mol. The van der Waals surface area contributed by atoms with E-state index < -0.39 is 0 Å². The van der Waals surface area contributed by atoms with Crippen molar-refractivity contribution in [1.29, 1.82) is 0 Å². The van der Waals surface area contributed by atoms with Crippen LogP contribution in [0.5, 0.6) is 0 Å². The molecule has 1 heterocycles. The highest BCUT2D eigenvalue weighted by Gasteiger charge is 2.52. The Morgan fingerprint density at radius 3 is 1.85 bits per heavy atom. The van der Waals surface area contributed by atoms with Crippen LogP contribution >= 0.6 is 0 Å². The van der Waals surface area contributed by atoms with Gasteiger partial charge in [-0.25, -0.2) is 0 Å². The molecule has 0 amide bonds. The van der Waals surface area contributed by atoms with Gasteiger partial charge in [-0.15, -0.1) is 0 Å². The summed E-state index contributed by atoms with van der Waals surface area (Å²) in [6.45, 7) is 9.03. The molecule has 4 aliphatic carbocycles. The zero-order valence-electron chi connectivity index (χ0n) is 13.6. The smallest absolute Gasteiger partial charge is 0.0787 e. The topological polar surface area (TPSA) is 21.3 Å². The molecule has 1 saturated heterocycles. The molecule has 2 heteroatoms. The molecule has 0 aromatic rings. The molecule has 1 N–H and O–H groups in total. The molecule has 0 aromatic heterocycles. The van der Waals surface area contributed by atoms with Gasteiger partial charge in [0.25, 0.3) is 0 Å². The summed E-state index contributed by atoms with van der Waals surface area (Å²) in [6, 6.07) is 1.31. The highest BCUT2D eigenvalue weighted by atomic mass is 16.5. The molecule has 20 heavy (non-hydrogen) atoms. The molecular weight excluding hydrogens is 246 g/mol. The number of hydrogen-bond acceptors (Lipinski definition) is 2. The fraction of sp³-hybridized carbons (Fsp3) is 1.00. The minimum atomic E-state index is -0.0157. The highest BCUT2D eigenvalue weighted by molar-refractivity contribution is 5.06. The first-order valence-corrected chi connectivity index (χ1v) is 8.79. The van der Waals surface area contributed by atoms with Gasteiger partial charge < -0.3 is 10.1 Å². The summed E-state index contributed by atoms with van der Waals surface area (Å²) < 4.78 is 6.28. The Bertz CT molecular complexity index is 372. The fourth-order valence-corrected chi connectivity index (χ4v) is 6.25. The quantitative estimate of drug-likeness (QED) is 0.830. The molecule has 2 nitrogen and oxygen atoms in total. The minimum Gasteiger partial charge on any atom is -0.368 e. The Labute approximate surface area is 124 Å². The molecule has 5 rings (SSSR count). The lowest BCUT2D eigenvalue weighted by molar-refractivity contribution is -0.0759. The molecule has 0 aromatic carbocycles. The lowest BCUT2D eigenvalue weighted by Gasteiger charge is -2.55. The molecular formula is C18H31NO. The fourth-order valence-electron chi connectivity index (χ4n) is 6.25. The molecule has 1 aliphatic heterocycles. The van der Waals surface area contributed by atoms with Crippen LogP contribution in [0.25, 0.3) is 0 Å². The van der Waals surface area contributed by atoms with Gasteiger partial charge in [-0.2, -0.15) is 0 Å². The second-order valence-corrected chi connectivity index (χ2v) is 9.35. The van der Waals surface area contributed by atoms with Crippen LogP contribution in [0.15, 0.2) is 0 Å². The molecule has 1 unspecified atom stereocenters. The van der Waals surface area contributed by atoms with Crippen molar-refractivity contribution < 1.29 is 4.74 Å². The maximum atomic E-state index is 6.28. The first kappa shape index (κ1) is 13.6. The third-order valence-electron chi connectivity index (χ3n) is 6.69. The molecule has 0 spiro atoms. The van der Waals surface area contributed by atoms with Crippen LogP contribution in [-0.4, -0.2) is 23.3 Å². The molecule has 114 valence electrons. The second kappa shape index (κ2) is 4.23. The Kier molecular flexibility index (Phi) is 2.87. The molecule has 4 bridgehead atoms. The van der Waals surface area contributed by atoms with Crippen LogP contribution in [0.4, 0.5) is 0 Å². The van der Waals surface area contributed by atoms with Crippen molar-refractivity contribution in [3.63, 3.8) is 0 Å². The third-order valence-corrected chi connectivity index (χ3v) is 6.69. The van der Waals surface area contributed by atoms with Crippen molar-refractivity contribution in [1.82, 2.24) is 5.32 Å². The van der Waals surface area contributed by atoms with Crippen molar-refractivity contribution in [2.24, 2.45) is 23.7 Å². The highest BCUT2D eigenvalue weighted by Crippen LogP contribution is 2.54. The summed E-state index contributed by atoms with van der Waals surface area (Å²) in [6.07, 6.45) is 8.71. The Hall–Kier alpha value is -0.0800. The predicted octanol–water partition coefficient (Wildman–Crippen LogP) is 3.75. The summed E-state index contributed by atoms with van der Waals surface area (Å²) in [5.41, 5.74) is 0.0191. The van der Waals surface area contributed by atoms with Crippen molar-refractivity contribution >= 4 is 0 Å². The number of rotatable bonds is 2. The Balaban J connectivity index is 1.49. The van der Waals surface area contributed by atoms with Crippen LogP contribution in [-0.2, 0) is 4.74 Å². The first-order valence-electron chi connectivity index (χ1n) is 8.79. The maximum Gasteiger partial charge on any atom is 0.0787 e. The zero-order chi connectivity index (χ0) is 14.1. The SMILES string of the molecule is CC1(C)CC(NC2C3CC4CC(C3)CC2C4)C(C)(C)O1. The van der Waals surface area contributed by atoms with Gasteiger partial charge in [0.1, 0.15) is 0 Å². The van der Waals surface area contributed by atoms with Gasteiger partial charge in [-0.3, -0.25) is 0 Å². The van der Waals surface area contributed by atoms with Crippen molar-refractivity contribution in [3.8, 4) is 0 Å². The number of ether oxygens (including phenoxy) is 1. The largest absolute Gasteiger partial charge is 0.368 e. The van der Waals surface area contributed by atoms with E-state index in [0.717, 1.165) is 36.1 Å². The van der Waals surface area contributed by atoms with Crippen molar-refractivity contribution in [2.75, 3.05) is 0 Å². The van der Waals surface area contributed by atoms with Crippen LogP contribution in [0.1, 0.15) is 66.2 Å². The van der Waals surface area contributed by atoms with Gasteiger partial charge in [-0.1, -0.05) is 0 Å². The average Bonchev–Trinajstić information content (AvgIpc) is 2.50. The first-order chi connectivity index (χ1) is 9.32. The molecule has 0 radical (unpaired) electrons. The normalized spacial score (nSPS) is 51.6. The molecule has 5 aliphatic rings. The van der Waals surface area contributed by atoms with Gasteiger partial charge in [0.05, 0.1) is 11.2 Å². The van der Waals surface area contributed by atoms with Crippen LogP contribution in [0.2, 0.25) is 0 Å². The van der Waals surface area contributed by atoms with Crippen LogP contribution < -0.4 is 5.32 Å². The van der Waals surface area contributed by atoms with Gasteiger partial charge in [0.2, 0.25) is 0 Å². The predicted molar refractivity (Wildman–Crippen MR) is 81.6 cm³/mol. The van der Waals surface area contributed by atoms with Crippen LogP contribution in [0, 0.1) is 23.7 Å². The zero-order valence-corrected chi connectivity index (χ0v) is 13.6. The average molecular weight is 277 g/mol. The molecule has 4 saturated carbocycles. The summed E-state index contributed by atoms with van der Waals surface area (Å²) in [7, 11) is 0. The lowest BCUT2D eigenvalue weighted by Crippen LogP contribution is -2.59. The van der Waals surface area contributed by atoms with Crippen molar-refractivity contribution in [3.05, 3.63) is 0 Å². The Morgan fingerprint density at radius 1 is 0.850 bits per heavy atom. The van der Waals surface area contributed by atoms with Crippen LogP contribution in [0.3, 0.4) is 0 Å². The summed E-state index contributed by atoms with van der Waals surface area (Å²) in [5.74, 6) is 4.07. The van der Waals surface area contributed by atoms with E-state index >= 15 is 0 Å². The van der Waals surface area contributed by atoms with E-state index in [1.807, 2.05) is 0 Å². The standard InChI is InChI=1S/C18H31NO/c1-17(2)10-15(18(3,4)20-17)19-16-13-6-11-5-12(8-13)9-14(16)7-11/h11-16,19H,5-10H2,1-4H3. The van der Waals surface area contributed by atoms with E-state index in [0.29, 0.717) is 6.04 Å². The summed E-state index contributed by atoms with van der Waals surface area (Å²) in [5, 5.41) is 4.08. The lowest BCUT2D eigenvalue weighted by atomic mass is 9.54. The van der Waals surface area contributed by atoms with Gasteiger partial charge >= 0.3 is 0 Å². The van der Waals surface area contributed by atoms with Gasteiger partial charge in [0, 0.05) is 12.1 Å². The second-order valence-electron chi connectivity index (χ2n) is 9.35. The van der Waals surface area contributed by atoms with E-state index in [-0.39, 0.29) is 11.2 Å². The van der Waals surface area contributed by atoms with E-state index in [9.17, 15) is 0 Å². The van der Waals surface area contributed by atoms with Crippen molar-refractivity contribution in [2.45, 2.75) is 89.5 Å². The van der Waals surface area contributed by atoms with E-state index in [1.54, 1.807) is 6.42 Å². The summed E-state index contributed by atoms with van der Waals surface area (Å²) >= 11 is 0. The Morgan fingerprint density at radius 2 is 1.40 bits per heavy atom. The number of hydrogen-bond donors (Lipinski definition) is 1. The van der Waals surface area contributed by atoms with Gasteiger partial charge in [0.15, 0.2) is 0 Å². The minimum absolute atomic E-state index is 0.0157. The molecule has 5 fully saturated rings. The van der Waals surface area contributed by atoms with E-state index in [4.69, 9.17) is 4.74 Å². The number of nitrogens with one attached hydrogen (secondary N) is 1. The van der Waals surface area contributed by atoms with Gasteiger partial charge in [-0.05, 0) is 89.9 Å². The molecule has 1 atom stereocenters. The third kappa shape index (κ3) is 2.14. The van der Waals surface area contributed by atoms with E-state index in [2.05, 4.69) is 33.0 Å². The van der Waals surface area contributed by atoms with E-state index in [1.165, 1.54) is 25.7 Å². The maximum absolute atomic E-state index is 6.28. The summed E-state index contributed by atoms with van der Waals surface area (Å²) in [4.78, 5) is 0.